The van der Waals surface area contributed by atoms with E-state index in [0.29, 0.717) is 18.7 Å². The summed E-state index contributed by atoms with van der Waals surface area (Å²) in [6.45, 7) is 1.98. The molecule has 0 radical (unpaired) electrons. The van der Waals surface area contributed by atoms with Crippen LogP contribution in [0.25, 0.3) is 16.6 Å². The number of rotatable bonds is 4. The van der Waals surface area contributed by atoms with Crippen molar-refractivity contribution in [3.63, 3.8) is 0 Å². The van der Waals surface area contributed by atoms with E-state index in [-0.39, 0.29) is 17.7 Å². The van der Waals surface area contributed by atoms with Gasteiger partial charge in [0.15, 0.2) is 0 Å². The summed E-state index contributed by atoms with van der Waals surface area (Å²) >= 11 is 0. The topological polar surface area (TPSA) is 103 Å². The van der Waals surface area contributed by atoms with Gasteiger partial charge < -0.3 is 10.2 Å². The van der Waals surface area contributed by atoms with Crippen molar-refractivity contribution in [2.75, 3.05) is 16.8 Å². The highest BCUT2D eigenvalue weighted by Gasteiger charge is 2.56. The molecular formula is C22H20N6O2. The zero-order chi connectivity index (χ0) is 20.9. The third-order valence-corrected chi connectivity index (χ3v) is 6.00. The second-order valence-corrected chi connectivity index (χ2v) is 7.98. The molecular weight excluding hydrogens is 380 g/mol. The highest BCUT2D eigenvalue weighted by atomic mass is 16.2. The smallest absolute Gasteiger partial charge is 0.247 e. The molecule has 0 unspecified atom stereocenters. The van der Waals surface area contributed by atoms with Gasteiger partial charge in [0, 0.05) is 43.2 Å². The Kier molecular flexibility index (Phi) is 4.07. The Morgan fingerprint density at radius 2 is 2.13 bits per heavy atom. The molecule has 1 N–H and O–H groups in total. The van der Waals surface area contributed by atoms with E-state index in [1.54, 1.807) is 28.0 Å². The lowest BCUT2D eigenvalue weighted by atomic mass is 9.83. The first kappa shape index (κ1) is 18.3. The van der Waals surface area contributed by atoms with Gasteiger partial charge in [-0.25, -0.2) is 4.52 Å². The van der Waals surface area contributed by atoms with Crippen molar-refractivity contribution < 1.29 is 9.59 Å². The fourth-order valence-corrected chi connectivity index (χ4v) is 4.37. The van der Waals surface area contributed by atoms with Crippen LogP contribution in [0.4, 0.5) is 11.4 Å². The van der Waals surface area contributed by atoms with Crippen molar-refractivity contribution in [3.05, 3.63) is 43.0 Å². The fraction of sp³-hybridized carbons (Fsp3) is 0.318. The van der Waals surface area contributed by atoms with E-state index >= 15 is 0 Å². The Hall–Kier alpha value is -3.73. The molecule has 150 valence electrons. The van der Waals surface area contributed by atoms with Crippen molar-refractivity contribution >= 4 is 28.7 Å². The Labute approximate surface area is 173 Å². The number of pyridine rings is 1. The first-order chi connectivity index (χ1) is 14.5. The molecule has 8 nitrogen and oxygen atoms in total. The molecule has 1 saturated carbocycles. The van der Waals surface area contributed by atoms with E-state index in [2.05, 4.69) is 21.5 Å². The lowest BCUT2D eigenvalue weighted by Crippen LogP contribution is -2.35. The van der Waals surface area contributed by atoms with Gasteiger partial charge in [0.1, 0.15) is 5.41 Å². The number of aromatic nitrogens is 3. The summed E-state index contributed by atoms with van der Waals surface area (Å²) in [6.07, 6.45) is 9.30. The molecule has 1 aliphatic carbocycles. The van der Waals surface area contributed by atoms with Crippen molar-refractivity contribution in [1.29, 1.82) is 5.26 Å². The fourth-order valence-electron chi connectivity index (χ4n) is 4.37. The van der Waals surface area contributed by atoms with Crippen LogP contribution in [0, 0.1) is 22.7 Å². The molecule has 8 heteroatoms. The van der Waals surface area contributed by atoms with Crippen molar-refractivity contribution in [2.45, 2.75) is 26.2 Å². The predicted octanol–water partition coefficient (Wildman–Crippen LogP) is 3.01. The first-order valence-electron chi connectivity index (χ1n) is 9.95. The van der Waals surface area contributed by atoms with Crippen LogP contribution >= 0.6 is 0 Å². The molecule has 3 aromatic rings. The maximum absolute atomic E-state index is 13.2. The van der Waals surface area contributed by atoms with Crippen LogP contribution in [0.1, 0.15) is 26.2 Å². The largest absolute Gasteiger partial charge is 0.325 e. The Morgan fingerprint density at radius 1 is 1.30 bits per heavy atom. The molecule has 3 aromatic heterocycles. The molecule has 2 aliphatic rings. The van der Waals surface area contributed by atoms with Gasteiger partial charge in [-0.1, -0.05) is 0 Å². The summed E-state index contributed by atoms with van der Waals surface area (Å²) in [6, 6.07) is 7.95. The molecule has 30 heavy (non-hydrogen) atoms. The summed E-state index contributed by atoms with van der Waals surface area (Å²) < 4.78 is 1.73. The maximum Gasteiger partial charge on any atom is 0.247 e. The summed E-state index contributed by atoms with van der Waals surface area (Å²) in [5.41, 5.74) is 2.97. The number of nitriles is 1. The van der Waals surface area contributed by atoms with E-state index in [9.17, 15) is 14.9 Å². The molecule has 0 spiro atoms. The molecule has 2 amide bonds. The third kappa shape index (κ3) is 2.82. The number of nitrogens with zero attached hydrogens (tertiary/aromatic N) is 5. The Balaban J connectivity index is 1.53. The molecule has 2 fully saturated rings. The number of nitrogens with one attached hydrogen (secondary N) is 1. The number of carbonyl (C=O) groups excluding carboxylic acids is 2. The van der Waals surface area contributed by atoms with E-state index in [4.69, 9.17) is 0 Å². The molecule has 1 saturated heterocycles. The van der Waals surface area contributed by atoms with Gasteiger partial charge in [-0.3, -0.25) is 14.6 Å². The average Bonchev–Trinajstić information content (AvgIpc) is 3.40. The number of fused-ring (bicyclic) bond motifs is 1. The van der Waals surface area contributed by atoms with Crippen LogP contribution in [-0.4, -0.2) is 33.0 Å². The number of carbonyl (C=O) groups is 2. The first-order valence-corrected chi connectivity index (χ1v) is 9.95. The minimum Gasteiger partial charge on any atom is -0.325 e. The van der Waals surface area contributed by atoms with Gasteiger partial charge in [-0.15, -0.1) is 0 Å². The molecule has 1 aliphatic heterocycles. The molecule has 1 atom stereocenters. The van der Waals surface area contributed by atoms with Crippen molar-refractivity contribution in [2.24, 2.45) is 11.3 Å². The minimum absolute atomic E-state index is 0.0994. The zero-order valence-corrected chi connectivity index (χ0v) is 16.5. The van der Waals surface area contributed by atoms with E-state index in [0.717, 1.165) is 35.2 Å². The molecule has 0 aromatic carbocycles. The second-order valence-electron chi connectivity index (χ2n) is 7.98. The minimum atomic E-state index is -0.883. The van der Waals surface area contributed by atoms with Gasteiger partial charge in [0.2, 0.25) is 11.8 Å². The van der Waals surface area contributed by atoms with Gasteiger partial charge >= 0.3 is 0 Å². The van der Waals surface area contributed by atoms with E-state index < -0.39 is 5.41 Å². The summed E-state index contributed by atoms with van der Waals surface area (Å²) in [5, 5.41) is 16.9. The van der Waals surface area contributed by atoms with Crippen LogP contribution in [0.3, 0.4) is 0 Å². The normalized spacial score (nSPS) is 21.1. The number of hydrogen-bond acceptors (Lipinski definition) is 5. The highest BCUT2D eigenvalue weighted by Crippen LogP contribution is 2.52. The molecule has 4 heterocycles. The monoisotopic (exact) mass is 400 g/mol. The SMILES string of the molecule is CC(=O)Nc1cncc(-c2cc3c(N4CC[C@@](C#N)(C5CC5)C4=O)ccnn3c2)c1. The van der Waals surface area contributed by atoms with E-state index in [1.165, 1.54) is 6.92 Å². The van der Waals surface area contributed by atoms with Crippen LogP contribution in [0.15, 0.2) is 43.0 Å². The lowest BCUT2D eigenvalue weighted by Gasteiger charge is -2.21. The Bertz CT molecular complexity index is 1220. The van der Waals surface area contributed by atoms with Crippen LogP contribution in [-0.2, 0) is 9.59 Å². The summed E-state index contributed by atoms with van der Waals surface area (Å²) in [7, 11) is 0. The van der Waals surface area contributed by atoms with Crippen molar-refractivity contribution in [3.8, 4) is 17.2 Å². The standard InChI is InChI=1S/C22H20N6O2/c1-14(29)26-18-8-15(10-24-11-18)16-9-20-19(4-6-25-28(20)12-16)27-7-5-22(13-23,21(27)30)17-2-3-17/h4,6,8-12,17H,2-3,5,7H2,1H3,(H,26,29)/t22-/m1/s1. The lowest BCUT2D eigenvalue weighted by molar-refractivity contribution is -0.123. The third-order valence-electron chi connectivity index (χ3n) is 6.00. The number of anilines is 2. The average molecular weight is 400 g/mol. The van der Waals surface area contributed by atoms with Crippen LogP contribution in [0.2, 0.25) is 0 Å². The maximum atomic E-state index is 13.2. The number of hydrogen-bond donors (Lipinski definition) is 1. The van der Waals surface area contributed by atoms with Gasteiger partial charge in [-0.05, 0) is 43.4 Å². The van der Waals surface area contributed by atoms with Crippen LogP contribution < -0.4 is 10.2 Å². The molecule has 0 bridgehead atoms. The van der Waals surface area contributed by atoms with Crippen molar-refractivity contribution in [1.82, 2.24) is 14.6 Å². The zero-order valence-electron chi connectivity index (χ0n) is 16.5. The quantitative estimate of drug-likeness (QED) is 0.725. The number of amides is 2. The van der Waals surface area contributed by atoms with E-state index in [1.807, 2.05) is 24.4 Å². The second kappa shape index (κ2) is 6.66. The molecule has 5 rings (SSSR count). The van der Waals surface area contributed by atoms with Gasteiger partial charge in [0.05, 0.1) is 29.2 Å². The Morgan fingerprint density at radius 3 is 2.87 bits per heavy atom. The van der Waals surface area contributed by atoms with Gasteiger partial charge in [-0.2, -0.15) is 10.4 Å². The summed E-state index contributed by atoms with van der Waals surface area (Å²) in [4.78, 5) is 30.5. The van der Waals surface area contributed by atoms with Crippen LogP contribution in [0.5, 0.6) is 0 Å². The highest BCUT2D eigenvalue weighted by molar-refractivity contribution is 6.05. The predicted molar refractivity (Wildman–Crippen MR) is 110 cm³/mol. The summed E-state index contributed by atoms with van der Waals surface area (Å²) in [5.74, 6) is -0.0791. The van der Waals surface area contributed by atoms with Gasteiger partial charge in [0.25, 0.3) is 0 Å².